The Kier molecular flexibility index (Phi) is 6.68. The maximum Gasteiger partial charge on any atom is 0.342 e. The maximum atomic E-state index is 12.9. The minimum Gasteiger partial charge on any atom is -0.507 e. The van der Waals surface area contributed by atoms with Crippen molar-refractivity contribution >= 4 is 27.6 Å². The second-order valence-electron chi connectivity index (χ2n) is 10.8. The van der Waals surface area contributed by atoms with Crippen LogP contribution in [0.2, 0.25) is 0 Å². The zero-order chi connectivity index (χ0) is 26.3. The zero-order valence-corrected chi connectivity index (χ0v) is 21.7. The number of nitrogens with zero attached hydrogens (tertiary/aromatic N) is 1. The fraction of sp³-hybridized carbons (Fsp3) is 0.462. The average Bonchev–Trinajstić information content (AvgIpc) is 3.06. The summed E-state index contributed by atoms with van der Waals surface area (Å²) in [6.07, 6.45) is 2.84. The van der Waals surface area contributed by atoms with E-state index in [1.807, 2.05) is 0 Å². The molecule has 2 aromatic rings. The topological polar surface area (TPSA) is 122 Å². The Morgan fingerprint density at radius 2 is 1.86 bits per heavy atom. The molecule has 2 atom stereocenters. The molecule has 1 heterocycles. The second-order valence-corrected chi connectivity index (χ2v) is 12.5. The van der Waals surface area contributed by atoms with E-state index in [1.54, 1.807) is 23.1 Å². The Hall–Kier alpha value is -3.27. The molecule has 2 fully saturated rings. The lowest BCUT2D eigenvalue weighted by molar-refractivity contribution is -0.135. The standard InChI is InChI=1S/C26H32N2O7S/c1-25(2)12-17-13-26(3,15-25)16-28(17)23(30)14-35-24(31)19-11-18(9-10-21(19)29)36(32,33)27-20-7-5-6-8-22(20)34-4/h5-11,17,27,29H,12-16H2,1-4H3. The van der Waals surface area contributed by atoms with Gasteiger partial charge in [-0.15, -0.1) is 0 Å². The van der Waals surface area contributed by atoms with Crippen molar-refractivity contribution in [2.45, 2.75) is 51.0 Å². The Labute approximate surface area is 211 Å². The molecule has 2 unspecified atom stereocenters. The summed E-state index contributed by atoms with van der Waals surface area (Å²) in [5, 5.41) is 10.2. The number of hydrogen-bond acceptors (Lipinski definition) is 7. The maximum absolute atomic E-state index is 12.9. The van der Waals surface area contributed by atoms with Gasteiger partial charge in [0.15, 0.2) is 6.61 Å². The number of carbonyl (C=O) groups is 2. The van der Waals surface area contributed by atoms with Crippen LogP contribution in [0.25, 0.3) is 0 Å². The van der Waals surface area contributed by atoms with Crippen LogP contribution in [0.5, 0.6) is 11.5 Å². The number of ether oxygens (including phenoxy) is 2. The molecular weight excluding hydrogens is 484 g/mol. The van der Waals surface area contributed by atoms with E-state index in [0.29, 0.717) is 12.3 Å². The van der Waals surface area contributed by atoms with Crippen LogP contribution < -0.4 is 9.46 Å². The summed E-state index contributed by atoms with van der Waals surface area (Å²) in [5.74, 6) is -1.41. The summed E-state index contributed by atoms with van der Waals surface area (Å²) in [6.45, 7) is 6.73. The molecule has 2 aliphatic rings. The molecule has 2 N–H and O–H groups in total. The van der Waals surface area contributed by atoms with E-state index in [0.717, 1.165) is 31.4 Å². The first-order valence-corrected chi connectivity index (χ1v) is 13.3. The van der Waals surface area contributed by atoms with Crippen molar-refractivity contribution in [1.82, 2.24) is 4.90 Å². The van der Waals surface area contributed by atoms with Crippen molar-refractivity contribution in [1.29, 1.82) is 0 Å². The number of hydrogen-bond donors (Lipinski definition) is 2. The van der Waals surface area contributed by atoms with Crippen molar-refractivity contribution in [2.24, 2.45) is 10.8 Å². The van der Waals surface area contributed by atoms with Gasteiger partial charge in [-0.25, -0.2) is 13.2 Å². The van der Waals surface area contributed by atoms with Crippen LogP contribution in [0.4, 0.5) is 5.69 Å². The fourth-order valence-corrected chi connectivity index (χ4v) is 6.91. The van der Waals surface area contributed by atoms with Gasteiger partial charge in [-0.1, -0.05) is 32.9 Å². The quantitative estimate of drug-likeness (QED) is 0.537. The number of phenolic OH excluding ortho intramolecular Hbond substituents is 1. The third-order valence-corrected chi connectivity index (χ3v) is 8.27. The molecule has 194 valence electrons. The van der Waals surface area contributed by atoms with Crippen LogP contribution in [0, 0.1) is 10.8 Å². The van der Waals surface area contributed by atoms with Crippen molar-refractivity contribution < 1.29 is 32.6 Å². The largest absolute Gasteiger partial charge is 0.507 e. The summed E-state index contributed by atoms with van der Waals surface area (Å²) in [6, 6.07) is 9.87. The van der Waals surface area contributed by atoms with Gasteiger partial charge in [0.25, 0.3) is 15.9 Å². The molecule has 4 rings (SSSR count). The summed E-state index contributed by atoms with van der Waals surface area (Å²) in [4.78, 5) is 27.2. The highest BCUT2D eigenvalue weighted by Gasteiger charge is 2.51. The van der Waals surface area contributed by atoms with Crippen molar-refractivity contribution in [3.8, 4) is 11.5 Å². The van der Waals surface area contributed by atoms with Gasteiger partial charge in [0.05, 0.1) is 17.7 Å². The van der Waals surface area contributed by atoms with Crippen molar-refractivity contribution in [3.05, 3.63) is 48.0 Å². The molecule has 10 heteroatoms. The van der Waals surface area contributed by atoms with Crippen LogP contribution in [-0.2, 0) is 19.6 Å². The monoisotopic (exact) mass is 516 g/mol. The third kappa shape index (κ3) is 5.28. The van der Waals surface area contributed by atoms with E-state index < -0.39 is 28.3 Å². The molecule has 1 saturated heterocycles. The number of carbonyl (C=O) groups excluding carboxylic acids is 2. The van der Waals surface area contributed by atoms with Crippen molar-refractivity contribution in [3.63, 3.8) is 0 Å². The Morgan fingerprint density at radius 1 is 1.14 bits per heavy atom. The third-order valence-electron chi connectivity index (χ3n) is 6.91. The van der Waals surface area contributed by atoms with Gasteiger partial charge in [0, 0.05) is 12.6 Å². The molecule has 1 saturated carbocycles. The fourth-order valence-electron chi connectivity index (χ4n) is 5.82. The van der Waals surface area contributed by atoms with Crippen LogP contribution in [-0.4, -0.2) is 56.6 Å². The number of likely N-dealkylation sites (tertiary alicyclic amines) is 1. The molecule has 1 amide bonds. The van der Waals surface area contributed by atoms with Crippen LogP contribution in [0.15, 0.2) is 47.4 Å². The average molecular weight is 517 g/mol. The molecule has 36 heavy (non-hydrogen) atoms. The first kappa shape index (κ1) is 25.8. The predicted octanol–water partition coefficient (Wildman–Crippen LogP) is 3.79. The lowest BCUT2D eigenvalue weighted by Crippen LogP contribution is -2.39. The lowest BCUT2D eigenvalue weighted by Gasteiger charge is -2.39. The molecule has 1 aliphatic carbocycles. The molecule has 0 radical (unpaired) electrons. The van der Waals surface area contributed by atoms with Gasteiger partial charge in [-0.05, 0) is 60.4 Å². The summed E-state index contributed by atoms with van der Waals surface area (Å²) in [5.41, 5.74) is 0.0508. The SMILES string of the molecule is COc1ccccc1NS(=O)(=O)c1ccc(O)c(C(=O)OCC(=O)N2CC3(C)CC2CC(C)(C)C3)c1. The van der Waals surface area contributed by atoms with E-state index in [1.165, 1.54) is 19.2 Å². The molecule has 2 aromatic carbocycles. The number of phenols is 1. The lowest BCUT2D eigenvalue weighted by atomic mass is 9.65. The molecule has 9 nitrogen and oxygen atoms in total. The number of methoxy groups -OCH3 is 1. The molecule has 1 aliphatic heterocycles. The molecule has 2 bridgehead atoms. The van der Waals surface area contributed by atoms with Crippen LogP contribution >= 0.6 is 0 Å². The summed E-state index contributed by atoms with van der Waals surface area (Å²) >= 11 is 0. The van der Waals surface area contributed by atoms with Gasteiger partial charge < -0.3 is 19.5 Å². The van der Waals surface area contributed by atoms with Gasteiger partial charge in [-0.3, -0.25) is 9.52 Å². The normalized spacial score (nSPS) is 22.7. The van der Waals surface area contributed by atoms with Gasteiger partial charge >= 0.3 is 5.97 Å². The number of amides is 1. The number of sulfonamides is 1. The van der Waals surface area contributed by atoms with Crippen LogP contribution in [0.3, 0.4) is 0 Å². The Bertz CT molecular complexity index is 1290. The number of fused-ring (bicyclic) bond motifs is 2. The summed E-state index contributed by atoms with van der Waals surface area (Å²) in [7, 11) is -2.70. The first-order chi connectivity index (χ1) is 16.8. The number of anilines is 1. The molecule has 0 spiro atoms. The Balaban J connectivity index is 1.46. The highest BCUT2D eigenvalue weighted by molar-refractivity contribution is 7.92. The number of nitrogens with one attached hydrogen (secondary N) is 1. The van der Waals surface area contributed by atoms with Gasteiger partial charge in [0.2, 0.25) is 0 Å². The number of esters is 1. The number of rotatable bonds is 7. The smallest absolute Gasteiger partial charge is 0.342 e. The minimum absolute atomic E-state index is 0.0431. The van der Waals surface area contributed by atoms with E-state index in [4.69, 9.17) is 9.47 Å². The minimum atomic E-state index is -4.11. The number of benzene rings is 2. The molecular formula is C26H32N2O7S. The van der Waals surface area contributed by atoms with Gasteiger partial charge in [-0.2, -0.15) is 0 Å². The van der Waals surface area contributed by atoms with E-state index in [9.17, 15) is 23.1 Å². The summed E-state index contributed by atoms with van der Waals surface area (Å²) < 4.78 is 38.6. The zero-order valence-electron chi connectivity index (χ0n) is 20.9. The number of aromatic hydroxyl groups is 1. The number of para-hydroxylation sites is 2. The Morgan fingerprint density at radius 3 is 2.58 bits per heavy atom. The van der Waals surface area contributed by atoms with E-state index in [2.05, 4.69) is 25.5 Å². The highest BCUT2D eigenvalue weighted by Crippen LogP contribution is 2.52. The van der Waals surface area contributed by atoms with Crippen LogP contribution in [0.1, 0.15) is 50.4 Å². The first-order valence-electron chi connectivity index (χ1n) is 11.8. The van der Waals surface area contributed by atoms with E-state index in [-0.39, 0.29) is 38.9 Å². The second kappa shape index (κ2) is 9.31. The predicted molar refractivity (Wildman–Crippen MR) is 133 cm³/mol. The highest BCUT2D eigenvalue weighted by atomic mass is 32.2. The van der Waals surface area contributed by atoms with Gasteiger partial charge in [0.1, 0.15) is 17.1 Å². The van der Waals surface area contributed by atoms with Crippen molar-refractivity contribution in [2.75, 3.05) is 25.0 Å². The molecule has 0 aromatic heterocycles. The van der Waals surface area contributed by atoms with E-state index >= 15 is 0 Å².